The summed E-state index contributed by atoms with van der Waals surface area (Å²) in [5.74, 6) is 0. The van der Waals surface area contributed by atoms with Crippen LogP contribution in [0.3, 0.4) is 0 Å². The molecule has 2 rings (SSSR count). The number of halogens is 6. The minimum Gasteiger partial charge on any atom is -0.677 e. The van der Waals surface area contributed by atoms with Gasteiger partial charge in [0.1, 0.15) is 0 Å². The zero-order valence-electron chi connectivity index (χ0n) is 19.6. The van der Waals surface area contributed by atoms with E-state index >= 15 is 0 Å². The fraction of sp³-hybridized carbons (Fsp3) is 1.00. The first kappa shape index (κ1) is 42.2. The van der Waals surface area contributed by atoms with Gasteiger partial charge in [0.15, 0.2) is 0 Å². The molecule has 0 aliphatic carbocycles. The Morgan fingerprint density at radius 1 is 0.571 bits per heavy atom. The number of piperazine rings is 2. The molecule has 0 aromatic rings. The summed E-state index contributed by atoms with van der Waals surface area (Å²) in [5, 5.41) is 8.20. The third kappa shape index (κ3) is 46.9. The Hall–Kier alpha value is 2.76. The Morgan fingerprint density at radius 2 is 0.829 bits per heavy atom. The molecule has 35 heavy (non-hydrogen) atoms. The molecule has 17 heteroatoms. The topological polar surface area (TPSA) is 110 Å². The van der Waals surface area contributed by atoms with E-state index in [9.17, 15) is 0 Å². The first-order valence-corrected chi connectivity index (χ1v) is 22.7. The molecule has 220 valence electrons. The molecule has 9 nitrogen and oxygen atoms in total. The molecule has 2 aliphatic rings. The quantitative estimate of drug-likeness (QED) is 0.168. The van der Waals surface area contributed by atoms with Crippen molar-refractivity contribution >= 4 is 61.2 Å². The predicted molar refractivity (Wildman–Crippen MR) is 145 cm³/mol. The molecule has 2 saturated heterocycles. The number of nitrogens with one attached hydrogen (secondary N) is 2. The van der Waals surface area contributed by atoms with Crippen LogP contribution in [0.2, 0.25) is 0 Å². The van der Waals surface area contributed by atoms with Crippen LogP contribution < -0.4 is 0 Å². The van der Waals surface area contributed by atoms with Gasteiger partial charge >= 0.3 is 70.6 Å². The van der Waals surface area contributed by atoms with Crippen LogP contribution in [-0.4, -0.2) is 114 Å². The molecular weight excluding hydrogens is 951 g/mol. The summed E-state index contributed by atoms with van der Waals surface area (Å²) >= 11 is 10.2. The van der Waals surface area contributed by atoms with Crippen LogP contribution in [0.25, 0.3) is 22.1 Å². The normalized spacial score (nSPS) is 16.0. The van der Waals surface area contributed by atoms with Gasteiger partial charge in [0.05, 0.1) is 26.4 Å². The maximum atomic E-state index is 6.89. The van der Waals surface area contributed by atoms with Gasteiger partial charge in [-0.05, 0) is 62.6 Å². The van der Waals surface area contributed by atoms with E-state index in [1.165, 1.54) is 0 Å². The smallest absolute Gasteiger partial charge is 0.0701 e. The standard InChI is InChI=1S/C10H22N2O3.2C4H8ClN2.4ClH.2Pt/c11-3-1-5-13-7-9-15-10-8-14-6-2-4-12;2*5-7-3-1-6-2-4-7;;;;;;/h11-12H,1-10H2;2*1-4H2;4*1H;;/q-2;2*-1;;;;;2*+4/p-4. The first-order chi connectivity index (χ1) is 17.0. The number of ether oxygens (including phenoxy) is 3. The summed E-state index contributed by atoms with van der Waals surface area (Å²) in [6.07, 6.45) is 1.58. The Kier molecular flexibility index (Phi) is 49.8. The molecule has 0 bridgehead atoms. The fourth-order valence-corrected chi connectivity index (χ4v) is 2.36. The van der Waals surface area contributed by atoms with E-state index in [0.717, 1.165) is 65.2 Å². The summed E-state index contributed by atoms with van der Waals surface area (Å²) in [4.78, 5) is 0. The van der Waals surface area contributed by atoms with E-state index < -0.39 is 33.0 Å². The van der Waals surface area contributed by atoms with Gasteiger partial charge in [-0.15, -0.1) is 39.3 Å². The van der Waals surface area contributed by atoms with Crippen molar-refractivity contribution in [3.63, 3.8) is 0 Å². The Labute approximate surface area is 255 Å². The maximum absolute atomic E-state index is 6.89. The van der Waals surface area contributed by atoms with E-state index in [4.69, 9.17) is 86.9 Å². The third-order valence-electron chi connectivity index (χ3n) is 3.68. The molecule has 0 radical (unpaired) electrons. The van der Waals surface area contributed by atoms with E-state index in [0.29, 0.717) is 52.7 Å². The summed E-state index contributed by atoms with van der Waals surface area (Å²) < 4.78 is 19.2. The van der Waals surface area contributed by atoms with Crippen LogP contribution in [0.5, 0.6) is 0 Å². The first-order valence-electron chi connectivity index (χ1n) is 10.8. The second-order valence-electron chi connectivity index (χ2n) is 6.30. The number of rotatable bonds is 12. The predicted octanol–water partition coefficient (Wildman–Crippen LogP) is 6.33. The van der Waals surface area contributed by atoms with E-state index in [-0.39, 0.29) is 0 Å². The van der Waals surface area contributed by atoms with Gasteiger partial charge in [-0.1, -0.05) is 0 Å². The van der Waals surface area contributed by atoms with Crippen LogP contribution in [-0.2, 0) is 47.2 Å². The van der Waals surface area contributed by atoms with Crippen LogP contribution in [0.15, 0.2) is 0 Å². The zero-order chi connectivity index (χ0) is 26.8. The van der Waals surface area contributed by atoms with Crippen LogP contribution in [0, 0.1) is 0 Å². The summed E-state index contributed by atoms with van der Waals surface area (Å²) in [7, 11) is 19.5. The van der Waals surface area contributed by atoms with E-state index in [2.05, 4.69) is 10.6 Å². The van der Waals surface area contributed by atoms with Gasteiger partial charge in [0.2, 0.25) is 0 Å². The molecule has 0 unspecified atom stereocenters. The van der Waals surface area contributed by atoms with Crippen molar-refractivity contribution in [3.05, 3.63) is 22.1 Å². The van der Waals surface area contributed by atoms with Crippen molar-refractivity contribution < 1.29 is 47.2 Å². The monoisotopic (exact) mass is 986 g/mol. The number of hydrogen-bond acceptors (Lipinski definition) is 5. The van der Waals surface area contributed by atoms with Crippen molar-refractivity contribution in [2.75, 3.05) is 105 Å². The van der Waals surface area contributed by atoms with Crippen molar-refractivity contribution in [1.29, 1.82) is 0 Å². The van der Waals surface area contributed by atoms with Gasteiger partial charge in [0, 0.05) is 13.2 Å². The Morgan fingerprint density at radius 3 is 1.03 bits per heavy atom. The van der Waals surface area contributed by atoms with Crippen molar-refractivity contribution in [2.45, 2.75) is 12.8 Å². The van der Waals surface area contributed by atoms with Gasteiger partial charge in [0.25, 0.3) is 0 Å². The summed E-state index contributed by atoms with van der Waals surface area (Å²) in [5.41, 5.74) is 13.8. The summed E-state index contributed by atoms with van der Waals surface area (Å²) in [6.45, 7) is 11.8. The van der Waals surface area contributed by atoms with Crippen LogP contribution in [0.1, 0.15) is 12.8 Å². The van der Waals surface area contributed by atoms with Gasteiger partial charge in [-0.2, -0.15) is 0 Å². The SMILES string of the molecule is ClN1CC[N-]CC1.ClN1CC[N-]CC1.[Cl][Pt+2][Cl].[Cl][Pt+2][Cl].[NH-]CCCOCCOCCOCCC[NH-]. The maximum Gasteiger partial charge on any atom is 0.0701 e. The molecule has 0 saturated carbocycles. The fourth-order valence-electron chi connectivity index (χ4n) is 2.05. The Bertz CT molecular complexity index is 332. The molecule has 2 N–H and O–H groups in total. The molecule has 2 heterocycles. The third-order valence-corrected chi connectivity index (χ3v) is 4.35. The van der Waals surface area contributed by atoms with Crippen molar-refractivity contribution in [3.8, 4) is 0 Å². The van der Waals surface area contributed by atoms with Crippen molar-refractivity contribution in [2.24, 2.45) is 0 Å². The van der Waals surface area contributed by atoms with Crippen LogP contribution in [0.4, 0.5) is 0 Å². The van der Waals surface area contributed by atoms with Crippen molar-refractivity contribution in [1.82, 2.24) is 8.84 Å². The molecule has 0 aromatic heterocycles. The second kappa shape index (κ2) is 41.2. The summed E-state index contributed by atoms with van der Waals surface area (Å²) in [6, 6.07) is 0. The van der Waals surface area contributed by atoms with Gasteiger partial charge in [-0.25, -0.2) is 8.84 Å². The zero-order valence-corrected chi connectivity index (χ0v) is 28.7. The molecule has 2 aliphatic heterocycles. The molecule has 0 spiro atoms. The molecule has 0 amide bonds. The molecule has 2 fully saturated rings. The van der Waals surface area contributed by atoms with E-state index in [1.807, 2.05) is 0 Å². The van der Waals surface area contributed by atoms with Crippen LogP contribution >= 0.6 is 61.2 Å². The largest absolute Gasteiger partial charge is 0.677 e. The minimum atomic E-state index is -0.472. The average Bonchev–Trinajstić information content (AvgIpc) is 2.85. The number of hydrogen-bond donors (Lipinski definition) is 0. The average molecular weight is 989 g/mol. The molecule has 0 aromatic carbocycles. The van der Waals surface area contributed by atoms with Gasteiger partial charge < -0.3 is 36.3 Å². The minimum absolute atomic E-state index is 0.421. The molecule has 0 atom stereocenters. The number of nitrogens with zero attached hydrogens (tertiary/aromatic N) is 4. The Balaban J connectivity index is -0.000000424. The molecular formula is C18H38Cl6N6O3Pt2. The second-order valence-corrected chi connectivity index (χ2v) is 13.8. The van der Waals surface area contributed by atoms with E-state index in [1.54, 1.807) is 8.84 Å². The van der Waals surface area contributed by atoms with Gasteiger partial charge in [-0.3, -0.25) is 0 Å².